The highest BCUT2D eigenvalue weighted by Crippen LogP contribution is 2.24. The summed E-state index contributed by atoms with van der Waals surface area (Å²) in [6.07, 6.45) is 0. The highest BCUT2D eigenvalue weighted by Gasteiger charge is 2.08. The van der Waals surface area contributed by atoms with Crippen LogP contribution >= 0.6 is 46.4 Å². The Bertz CT molecular complexity index is 1600. The third kappa shape index (κ3) is 7.59. The molecule has 0 radical (unpaired) electrons. The molecule has 0 heterocycles. The Kier molecular flexibility index (Phi) is 9.22. The molecule has 0 unspecified atom stereocenters. The van der Waals surface area contributed by atoms with Crippen molar-refractivity contribution in [3.8, 4) is 0 Å². The number of halogens is 4. The Balaban J connectivity index is 1.43. The molecule has 0 aliphatic carbocycles. The van der Waals surface area contributed by atoms with Crippen molar-refractivity contribution < 1.29 is 9.72 Å². The maximum atomic E-state index is 11.2. The maximum absolute atomic E-state index is 11.2. The number of nitro benzene ring substituents is 1. The van der Waals surface area contributed by atoms with Crippen molar-refractivity contribution >= 4 is 89.9 Å². The summed E-state index contributed by atoms with van der Waals surface area (Å²) in [4.78, 5) is 34.6. The van der Waals surface area contributed by atoms with Crippen molar-refractivity contribution in [2.75, 3.05) is 0 Å². The second-order valence-corrected chi connectivity index (χ2v) is 9.34. The number of nitrogens with zero attached hydrogens (tertiary/aromatic N) is 4. The number of rotatable bonds is 8. The molecule has 7 nitrogen and oxygen atoms in total. The van der Waals surface area contributed by atoms with E-state index in [1.807, 2.05) is 0 Å². The summed E-state index contributed by atoms with van der Waals surface area (Å²) in [5.41, 5.74) is 4.02. The van der Waals surface area contributed by atoms with Crippen molar-refractivity contribution in [3.05, 3.63) is 129 Å². The van der Waals surface area contributed by atoms with E-state index in [-0.39, 0.29) is 21.2 Å². The lowest BCUT2D eigenvalue weighted by Crippen LogP contribution is -1.95. The van der Waals surface area contributed by atoms with Crippen LogP contribution in [0.25, 0.3) is 0 Å². The van der Waals surface area contributed by atoms with Crippen LogP contribution in [0.2, 0.25) is 0 Å². The zero-order valence-corrected chi connectivity index (χ0v) is 22.8. The molecule has 4 rings (SSSR count). The number of non-ortho nitro benzene ring substituents is 1. The van der Waals surface area contributed by atoms with E-state index in [9.17, 15) is 14.9 Å². The van der Waals surface area contributed by atoms with E-state index in [2.05, 4.69) is 15.0 Å². The van der Waals surface area contributed by atoms with Crippen LogP contribution in [0.5, 0.6) is 0 Å². The molecule has 194 valence electrons. The van der Waals surface area contributed by atoms with Crippen LogP contribution in [0, 0.1) is 10.1 Å². The van der Waals surface area contributed by atoms with E-state index >= 15 is 0 Å². The van der Waals surface area contributed by atoms with Gasteiger partial charge in [0, 0.05) is 34.4 Å². The van der Waals surface area contributed by atoms with Gasteiger partial charge in [-0.25, -0.2) is 15.0 Å². The molecule has 0 fully saturated rings. The van der Waals surface area contributed by atoms with Crippen LogP contribution in [-0.4, -0.2) is 25.7 Å². The third-order valence-electron chi connectivity index (χ3n) is 5.30. The predicted molar refractivity (Wildman–Crippen MR) is 159 cm³/mol. The highest BCUT2D eigenvalue weighted by molar-refractivity contribution is 6.71. The third-order valence-corrected chi connectivity index (χ3v) is 6.43. The fraction of sp³-hybridized carbons (Fsp3) is 0. The standard InChI is InChI=1S/C28H16Cl4N4O3/c29-25(17-1-3-18(4-2-17)26(30)35-23-13-15-24(16-14-23)36(38)39)33-21-9-11-22(12-10-21)34-27(31)19-5-7-20(8-6-19)28(32)37/h1-16H. The summed E-state index contributed by atoms with van der Waals surface area (Å²) in [6.45, 7) is 0. The minimum absolute atomic E-state index is 0.0251. The molecule has 0 atom stereocenters. The Labute approximate surface area is 243 Å². The second kappa shape index (κ2) is 12.8. The summed E-state index contributed by atoms with van der Waals surface area (Å²) in [7, 11) is 0. The van der Waals surface area contributed by atoms with Crippen molar-refractivity contribution in [3.63, 3.8) is 0 Å². The number of carbonyl (C=O) groups is 1. The summed E-state index contributed by atoms with van der Waals surface area (Å²) in [6, 6.07) is 26.3. The molecular weight excluding hydrogens is 582 g/mol. The average molecular weight is 598 g/mol. The SMILES string of the molecule is O=C(Cl)c1ccc(C(Cl)=Nc2ccc(N=C(Cl)c3ccc(C(Cl)=Nc4ccc([N+](=O)[O-])cc4)cc3)cc2)cc1. The Hall–Kier alpha value is -3.88. The van der Waals surface area contributed by atoms with E-state index in [0.29, 0.717) is 39.3 Å². The van der Waals surface area contributed by atoms with Gasteiger partial charge >= 0.3 is 0 Å². The van der Waals surface area contributed by atoms with Crippen LogP contribution in [0.4, 0.5) is 22.7 Å². The average Bonchev–Trinajstić information content (AvgIpc) is 2.94. The number of hydrogen-bond acceptors (Lipinski definition) is 6. The molecule has 0 aliphatic heterocycles. The Morgan fingerprint density at radius 3 is 1.08 bits per heavy atom. The first-order chi connectivity index (χ1) is 18.7. The van der Waals surface area contributed by atoms with Crippen molar-refractivity contribution in [1.29, 1.82) is 0 Å². The number of benzene rings is 4. The van der Waals surface area contributed by atoms with Gasteiger partial charge in [-0.3, -0.25) is 14.9 Å². The molecule has 4 aromatic carbocycles. The van der Waals surface area contributed by atoms with E-state index < -0.39 is 10.2 Å². The van der Waals surface area contributed by atoms with Crippen LogP contribution in [0.15, 0.2) is 112 Å². The molecule has 0 saturated heterocycles. The summed E-state index contributed by atoms with van der Waals surface area (Å²) in [5, 5.41) is 11.0. The lowest BCUT2D eigenvalue weighted by atomic mass is 10.1. The van der Waals surface area contributed by atoms with Gasteiger partial charge in [-0.05, 0) is 60.1 Å². The van der Waals surface area contributed by atoms with Gasteiger partial charge in [0.1, 0.15) is 15.5 Å². The maximum Gasteiger partial charge on any atom is 0.269 e. The molecular formula is C28H16Cl4N4O3. The zero-order valence-electron chi connectivity index (χ0n) is 19.8. The Morgan fingerprint density at radius 2 is 0.795 bits per heavy atom. The highest BCUT2D eigenvalue weighted by atomic mass is 35.5. The van der Waals surface area contributed by atoms with Gasteiger partial charge in [-0.2, -0.15) is 0 Å². The van der Waals surface area contributed by atoms with Crippen molar-refractivity contribution in [2.45, 2.75) is 0 Å². The molecule has 39 heavy (non-hydrogen) atoms. The monoisotopic (exact) mass is 596 g/mol. The fourth-order valence-electron chi connectivity index (χ4n) is 3.27. The molecule has 4 aromatic rings. The van der Waals surface area contributed by atoms with Gasteiger partial charge in [0.25, 0.3) is 10.9 Å². The van der Waals surface area contributed by atoms with Crippen LogP contribution in [-0.2, 0) is 0 Å². The van der Waals surface area contributed by atoms with Gasteiger partial charge < -0.3 is 0 Å². The first kappa shape index (κ1) is 28.1. The van der Waals surface area contributed by atoms with Gasteiger partial charge in [0.15, 0.2) is 0 Å². The van der Waals surface area contributed by atoms with Crippen molar-refractivity contribution in [2.24, 2.45) is 15.0 Å². The summed E-state index contributed by atoms with van der Waals surface area (Å²) < 4.78 is 0. The van der Waals surface area contributed by atoms with Gasteiger partial charge in [-0.1, -0.05) is 71.2 Å². The number of nitro groups is 1. The molecule has 0 saturated carbocycles. The topological polar surface area (TPSA) is 97.3 Å². The summed E-state index contributed by atoms with van der Waals surface area (Å²) in [5.74, 6) is 0. The number of aliphatic imine (C=N–C) groups is 3. The van der Waals surface area contributed by atoms with E-state index in [1.54, 1.807) is 72.8 Å². The molecule has 11 heteroatoms. The van der Waals surface area contributed by atoms with E-state index in [1.165, 1.54) is 24.3 Å². The molecule has 0 amide bonds. The fourth-order valence-corrected chi connectivity index (χ4v) is 4.07. The molecule has 0 aromatic heterocycles. The van der Waals surface area contributed by atoms with Crippen LogP contribution in [0.3, 0.4) is 0 Å². The van der Waals surface area contributed by atoms with Gasteiger partial charge in [0.05, 0.1) is 22.0 Å². The number of carbonyl (C=O) groups excluding carboxylic acids is 1. The van der Waals surface area contributed by atoms with Crippen LogP contribution in [0.1, 0.15) is 27.0 Å². The first-order valence-corrected chi connectivity index (χ1v) is 12.7. The number of hydrogen-bond donors (Lipinski definition) is 0. The first-order valence-electron chi connectivity index (χ1n) is 11.2. The van der Waals surface area contributed by atoms with Gasteiger partial charge in [0.2, 0.25) is 0 Å². The molecule has 0 N–H and O–H groups in total. The predicted octanol–water partition coefficient (Wildman–Crippen LogP) is 8.93. The quantitative estimate of drug-likeness (QED) is 0.0877. The van der Waals surface area contributed by atoms with Gasteiger partial charge in [-0.15, -0.1) is 0 Å². The van der Waals surface area contributed by atoms with E-state index in [4.69, 9.17) is 46.4 Å². The smallest absolute Gasteiger partial charge is 0.269 e. The summed E-state index contributed by atoms with van der Waals surface area (Å²) >= 11 is 24.5. The minimum Gasteiger partial charge on any atom is -0.276 e. The van der Waals surface area contributed by atoms with E-state index in [0.717, 1.165) is 0 Å². The molecule has 0 bridgehead atoms. The second-order valence-electron chi connectivity index (χ2n) is 7.93. The molecule has 0 aliphatic rings. The lowest BCUT2D eigenvalue weighted by Gasteiger charge is -2.04. The van der Waals surface area contributed by atoms with Crippen LogP contribution < -0.4 is 0 Å². The lowest BCUT2D eigenvalue weighted by molar-refractivity contribution is -0.384. The zero-order chi connectivity index (χ0) is 27.9. The minimum atomic E-state index is -0.544. The Morgan fingerprint density at radius 1 is 0.513 bits per heavy atom. The largest absolute Gasteiger partial charge is 0.276 e. The molecule has 0 spiro atoms. The van der Waals surface area contributed by atoms with Crippen molar-refractivity contribution in [1.82, 2.24) is 0 Å². The normalized spacial score (nSPS) is 12.4.